The van der Waals surface area contributed by atoms with Crippen LogP contribution in [0.4, 0.5) is 0 Å². The molecule has 0 bridgehead atoms. The van der Waals surface area contributed by atoms with Crippen molar-refractivity contribution in [3.05, 3.63) is 29.8 Å². The number of aromatic nitrogens is 4. The van der Waals surface area contributed by atoms with Crippen LogP contribution in [0.3, 0.4) is 0 Å². The van der Waals surface area contributed by atoms with E-state index in [-0.39, 0.29) is 12.5 Å². The van der Waals surface area contributed by atoms with E-state index in [0.29, 0.717) is 31.0 Å². The zero-order chi connectivity index (χ0) is 18.4. The Hall–Kier alpha value is -2.28. The van der Waals surface area contributed by atoms with Gasteiger partial charge < -0.3 is 10.1 Å². The maximum Gasteiger partial charge on any atom is 0.243 e. The first-order chi connectivity index (χ1) is 12.6. The average molecular weight is 357 g/mol. The van der Waals surface area contributed by atoms with Gasteiger partial charge in [0.15, 0.2) is 0 Å². The van der Waals surface area contributed by atoms with E-state index in [4.69, 9.17) is 4.74 Å². The van der Waals surface area contributed by atoms with Gasteiger partial charge in [-0.05, 0) is 36.5 Å². The highest BCUT2D eigenvalue weighted by Crippen LogP contribution is 2.26. The van der Waals surface area contributed by atoms with E-state index in [1.807, 2.05) is 31.2 Å². The van der Waals surface area contributed by atoms with Crippen molar-refractivity contribution in [1.29, 1.82) is 0 Å². The summed E-state index contributed by atoms with van der Waals surface area (Å²) in [5, 5.41) is 15.2. The summed E-state index contributed by atoms with van der Waals surface area (Å²) >= 11 is 0. The summed E-state index contributed by atoms with van der Waals surface area (Å²) in [6.45, 7) is 5.33. The molecule has 2 aromatic rings. The van der Waals surface area contributed by atoms with Crippen LogP contribution in [0.5, 0.6) is 0 Å². The Bertz CT molecular complexity index is 730. The molecule has 1 aliphatic carbocycles. The van der Waals surface area contributed by atoms with Gasteiger partial charge in [0.05, 0.1) is 12.7 Å². The van der Waals surface area contributed by atoms with Crippen LogP contribution in [0.1, 0.15) is 38.2 Å². The SMILES string of the molecule is Cc1ccccc1-c1nnn(CC(=O)NCCO[C@H]2CCCC[C@H]2C)n1. The maximum atomic E-state index is 12.0. The van der Waals surface area contributed by atoms with Crippen LogP contribution in [-0.2, 0) is 16.1 Å². The molecular weight excluding hydrogens is 330 g/mol. The van der Waals surface area contributed by atoms with Gasteiger partial charge in [0.25, 0.3) is 0 Å². The highest BCUT2D eigenvalue weighted by atomic mass is 16.5. The average Bonchev–Trinajstić information content (AvgIpc) is 3.08. The van der Waals surface area contributed by atoms with Crippen molar-refractivity contribution in [3.63, 3.8) is 0 Å². The summed E-state index contributed by atoms with van der Waals surface area (Å²) in [6.07, 6.45) is 5.22. The predicted molar refractivity (Wildman–Crippen MR) is 98.4 cm³/mol. The van der Waals surface area contributed by atoms with Crippen LogP contribution < -0.4 is 5.32 Å². The Kier molecular flexibility index (Phi) is 6.33. The van der Waals surface area contributed by atoms with Crippen molar-refractivity contribution in [3.8, 4) is 11.4 Å². The maximum absolute atomic E-state index is 12.0. The van der Waals surface area contributed by atoms with E-state index >= 15 is 0 Å². The van der Waals surface area contributed by atoms with Gasteiger partial charge in [-0.1, -0.05) is 44.0 Å². The van der Waals surface area contributed by atoms with E-state index in [9.17, 15) is 4.79 Å². The number of carbonyl (C=O) groups is 1. The van der Waals surface area contributed by atoms with Crippen LogP contribution in [0.15, 0.2) is 24.3 Å². The van der Waals surface area contributed by atoms with Crippen LogP contribution in [-0.4, -0.2) is 45.4 Å². The smallest absolute Gasteiger partial charge is 0.243 e. The number of hydrogen-bond acceptors (Lipinski definition) is 5. The molecule has 0 aliphatic heterocycles. The fourth-order valence-corrected chi connectivity index (χ4v) is 3.36. The first-order valence-corrected chi connectivity index (χ1v) is 9.35. The van der Waals surface area contributed by atoms with Crippen LogP contribution >= 0.6 is 0 Å². The minimum absolute atomic E-state index is 0.0543. The van der Waals surface area contributed by atoms with Gasteiger partial charge in [0.2, 0.25) is 11.7 Å². The van der Waals surface area contributed by atoms with Crippen molar-refractivity contribution in [2.75, 3.05) is 13.2 Å². The lowest BCUT2D eigenvalue weighted by Crippen LogP contribution is -2.33. The van der Waals surface area contributed by atoms with Crippen molar-refractivity contribution in [2.24, 2.45) is 5.92 Å². The molecule has 1 aromatic carbocycles. The van der Waals surface area contributed by atoms with Gasteiger partial charge >= 0.3 is 0 Å². The topological polar surface area (TPSA) is 81.9 Å². The number of hydrogen-bond donors (Lipinski definition) is 1. The molecule has 1 aliphatic rings. The molecule has 1 fully saturated rings. The second-order valence-corrected chi connectivity index (χ2v) is 6.98. The first-order valence-electron chi connectivity index (χ1n) is 9.35. The zero-order valence-electron chi connectivity index (χ0n) is 15.5. The minimum atomic E-state index is -0.140. The largest absolute Gasteiger partial charge is 0.376 e. The quantitative estimate of drug-likeness (QED) is 0.769. The van der Waals surface area contributed by atoms with Crippen LogP contribution in [0.25, 0.3) is 11.4 Å². The number of amides is 1. The Morgan fingerprint density at radius 3 is 2.92 bits per heavy atom. The molecule has 1 heterocycles. The molecule has 26 heavy (non-hydrogen) atoms. The van der Waals surface area contributed by atoms with E-state index in [2.05, 4.69) is 27.7 Å². The van der Waals surface area contributed by atoms with Crippen LogP contribution in [0, 0.1) is 12.8 Å². The molecule has 1 saturated carbocycles. The molecule has 140 valence electrons. The molecule has 0 saturated heterocycles. The van der Waals surface area contributed by atoms with E-state index in [0.717, 1.165) is 17.5 Å². The van der Waals surface area contributed by atoms with Crippen molar-refractivity contribution in [2.45, 2.75) is 52.2 Å². The number of ether oxygens (including phenoxy) is 1. The van der Waals surface area contributed by atoms with Gasteiger partial charge in [-0.3, -0.25) is 4.79 Å². The van der Waals surface area contributed by atoms with E-state index in [1.54, 1.807) is 0 Å². The lowest BCUT2D eigenvalue weighted by molar-refractivity contribution is -0.122. The van der Waals surface area contributed by atoms with Gasteiger partial charge in [0, 0.05) is 12.1 Å². The number of tetrazole rings is 1. The van der Waals surface area contributed by atoms with Crippen molar-refractivity contribution >= 4 is 5.91 Å². The molecule has 2 atom stereocenters. The molecule has 1 N–H and O–H groups in total. The summed E-state index contributed by atoms with van der Waals surface area (Å²) in [5.74, 6) is 1.00. The first kappa shape index (κ1) is 18.5. The predicted octanol–water partition coefficient (Wildman–Crippen LogP) is 2.36. The standard InChI is InChI=1S/C19H27N5O2/c1-14-7-3-5-9-16(14)19-21-23-24(22-19)13-18(25)20-11-12-26-17-10-6-4-8-15(17)2/h3,5,7,9,15,17H,4,6,8,10-13H2,1-2H3,(H,20,25)/t15-,17+/m1/s1. The summed E-state index contributed by atoms with van der Waals surface area (Å²) in [4.78, 5) is 13.4. The molecule has 1 aromatic heterocycles. The highest BCUT2D eigenvalue weighted by Gasteiger charge is 2.21. The summed E-state index contributed by atoms with van der Waals surface area (Å²) in [5.41, 5.74) is 2.00. The minimum Gasteiger partial charge on any atom is -0.376 e. The second kappa shape index (κ2) is 8.89. The third-order valence-electron chi connectivity index (χ3n) is 4.91. The van der Waals surface area contributed by atoms with Crippen molar-refractivity contribution < 1.29 is 9.53 Å². The van der Waals surface area contributed by atoms with Gasteiger partial charge in [-0.2, -0.15) is 4.80 Å². The van der Waals surface area contributed by atoms with E-state index < -0.39 is 0 Å². The Balaban J connectivity index is 1.42. The zero-order valence-corrected chi connectivity index (χ0v) is 15.5. The third kappa shape index (κ3) is 4.88. The number of rotatable bonds is 7. The van der Waals surface area contributed by atoms with Gasteiger partial charge in [-0.25, -0.2) is 0 Å². The Morgan fingerprint density at radius 1 is 1.31 bits per heavy atom. The molecule has 7 heteroatoms. The fourth-order valence-electron chi connectivity index (χ4n) is 3.36. The number of benzene rings is 1. The Morgan fingerprint density at radius 2 is 2.12 bits per heavy atom. The molecule has 1 amide bonds. The number of carbonyl (C=O) groups excluding carboxylic acids is 1. The molecular formula is C19H27N5O2. The summed E-state index contributed by atoms with van der Waals surface area (Å²) < 4.78 is 5.91. The van der Waals surface area contributed by atoms with Crippen LogP contribution in [0.2, 0.25) is 0 Å². The molecule has 0 radical (unpaired) electrons. The lowest BCUT2D eigenvalue weighted by atomic mass is 9.88. The Labute approximate surface area is 154 Å². The molecule has 0 spiro atoms. The fraction of sp³-hybridized carbons (Fsp3) is 0.579. The van der Waals surface area contributed by atoms with Gasteiger partial charge in [-0.15, -0.1) is 10.2 Å². The number of aryl methyl sites for hydroxylation is 1. The second-order valence-electron chi connectivity index (χ2n) is 6.98. The monoisotopic (exact) mass is 357 g/mol. The summed E-state index contributed by atoms with van der Waals surface area (Å²) in [6, 6.07) is 7.84. The molecule has 0 unspecified atom stereocenters. The van der Waals surface area contributed by atoms with Crippen molar-refractivity contribution in [1.82, 2.24) is 25.5 Å². The molecule has 7 nitrogen and oxygen atoms in total. The third-order valence-corrected chi connectivity index (χ3v) is 4.91. The number of nitrogens with zero attached hydrogens (tertiary/aromatic N) is 4. The lowest BCUT2D eigenvalue weighted by Gasteiger charge is -2.28. The number of nitrogens with one attached hydrogen (secondary N) is 1. The van der Waals surface area contributed by atoms with Gasteiger partial charge in [0.1, 0.15) is 6.54 Å². The highest BCUT2D eigenvalue weighted by molar-refractivity contribution is 5.75. The summed E-state index contributed by atoms with van der Waals surface area (Å²) in [7, 11) is 0. The normalized spacial score (nSPS) is 20.1. The molecule has 3 rings (SSSR count). The van der Waals surface area contributed by atoms with E-state index in [1.165, 1.54) is 24.1 Å².